The molecule has 0 aliphatic carbocycles. The van der Waals surface area contributed by atoms with Gasteiger partial charge in [-0.2, -0.15) is 0 Å². The number of nitrogens with two attached hydrogens (primary N) is 1. The van der Waals surface area contributed by atoms with Crippen LogP contribution in [0, 0.1) is 6.92 Å². The van der Waals surface area contributed by atoms with Gasteiger partial charge < -0.3 is 15.8 Å². The molecule has 0 heterocycles. The average molecular weight is 425 g/mol. The highest BCUT2D eigenvalue weighted by Crippen LogP contribution is 2.25. The lowest BCUT2D eigenvalue weighted by Crippen LogP contribution is -2.36. The third-order valence-electron chi connectivity index (χ3n) is 3.08. The van der Waals surface area contributed by atoms with Crippen LogP contribution in [-0.2, 0) is 6.54 Å². The van der Waals surface area contributed by atoms with Crippen molar-refractivity contribution >= 4 is 29.9 Å². The van der Waals surface area contributed by atoms with E-state index in [1.165, 1.54) is 5.56 Å². The van der Waals surface area contributed by atoms with Gasteiger partial charge in [0.25, 0.3) is 0 Å². The molecule has 5 heteroatoms. The van der Waals surface area contributed by atoms with Crippen molar-refractivity contribution in [2.45, 2.75) is 33.4 Å². The van der Waals surface area contributed by atoms with Crippen molar-refractivity contribution in [3.05, 3.63) is 59.7 Å². The zero-order chi connectivity index (χ0) is 15.9. The Balaban J connectivity index is 0.00000264. The van der Waals surface area contributed by atoms with Gasteiger partial charge in [0.1, 0.15) is 11.5 Å². The number of aryl methyl sites for hydroxylation is 1. The van der Waals surface area contributed by atoms with Gasteiger partial charge >= 0.3 is 0 Å². The smallest absolute Gasteiger partial charge is 0.189 e. The van der Waals surface area contributed by atoms with E-state index in [1.807, 2.05) is 62.4 Å². The molecule has 2 aromatic rings. The van der Waals surface area contributed by atoms with Crippen molar-refractivity contribution in [1.29, 1.82) is 0 Å². The number of nitrogens with one attached hydrogen (secondary N) is 1. The van der Waals surface area contributed by atoms with Crippen LogP contribution in [0.15, 0.2) is 53.5 Å². The molecule has 3 N–H and O–H groups in total. The zero-order valence-electron chi connectivity index (χ0n) is 13.7. The third kappa shape index (κ3) is 6.48. The topological polar surface area (TPSA) is 59.6 Å². The predicted molar refractivity (Wildman–Crippen MR) is 107 cm³/mol. The Kier molecular flexibility index (Phi) is 7.88. The summed E-state index contributed by atoms with van der Waals surface area (Å²) in [5.74, 6) is 2.06. The zero-order valence-corrected chi connectivity index (χ0v) is 16.1. The van der Waals surface area contributed by atoms with E-state index in [0.29, 0.717) is 12.5 Å². The van der Waals surface area contributed by atoms with Crippen LogP contribution >= 0.6 is 24.0 Å². The first-order valence-corrected chi connectivity index (χ1v) is 7.43. The Hall–Kier alpha value is -1.76. The summed E-state index contributed by atoms with van der Waals surface area (Å²) in [4.78, 5) is 4.35. The molecule has 0 aromatic heterocycles. The van der Waals surface area contributed by atoms with Gasteiger partial charge in [-0.3, -0.25) is 0 Å². The Morgan fingerprint density at radius 3 is 2.43 bits per heavy atom. The van der Waals surface area contributed by atoms with E-state index < -0.39 is 0 Å². The minimum absolute atomic E-state index is 0. The summed E-state index contributed by atoms with van der Waals surface area (Å²) in [5, 5.41) is 3.08. The third-order valence-corrected chi connectivity index (χ3v) is 3.08. The lowest BCUT2D eigenvalue weighted by molar-refractivity contribution is 0.476. The van der Waals surface area contributed by atoms with E-state index in [2.05, 4.69) is 17.2 Å². The van der Waals surface area contributed by atoms with E-state index in [1.54, 1.807) is 0 Å². The number of hydrogen-bond donors (Lipinski definition) is 2. The highest BCUT2D eigenvalue weighted by molar-refractivity contribution is 14.0. The Morgan fingerprint density at radius 2 is 1.78 bits per heavy atom. The molecule has 2 aromatic carbocycles. The molecular formula is C18H24IN3O. The average Bonchev–Trinajstić information content (AvgIpc) is 2.48. The molecule has 0 fully saturated rings. The largest absolute Gasteiger partial charge is 0.457 e. The van der Waals surface area contributed by atoms with Gasteiger partial charge in [-0.25, -0.2) is 4.99 Å². The maximum atomic E-state index is 5.95. The molecule has 0 atom stereocenters. The molecular weight excluding hydrogens is 401 g/mol. The van der Waals surface area contributed by atoms with Crippen molar-refractivity contribution < 1.29 is 4.74 Å². The number of guanidine groups is 1. The number of halogens is 1. The van der Waals surface area contributed by atoms with Crippen molar-refractivity contribution in [2.75, 3.05) is 0 Å². The highest BCUT2D eigenvalue weighted by Gasteiger charge is 2.04. The standard InChI is InChI=1S/C18H23N3O.HI/c1-13(2)21-18(19)20-12-15-6-4-5-7-17(15)22-16-10-8-14(3)9-11-16;/h4-11,13H,12H2,1-3H3,(H3,19,20,21);1H. The van der Waals surface area contributed by atoms with Crippen molar-refractivity contribution in [1.82, 2.24) is 5.32 Å². The normalized spacial score (nSPS) is 11.0. The van der Waals surface area contributed by atoms with Crippen LogP contribution in [0.2, 0.25) is 0 Å². The maximum Gasteiger partial charge on any atom is 0.189 e. The number of hydrogen-bond acceptors (Lipinski definition) is 2. The number of ether oxygens (including phenoxy) is 1. The van der Waals surface area contributed by atoms with Gasteiger partial charge in [0.15, 0.2) is 5.96 Å². The summed E-state index contributed by atoms with van der Waals surface area (Å²) in [6.45, 7) is 6.58. The number of para-hydroxylation sites is 1. The molecule has 4 nitrogen and oxygen atoms in total. The van der Waals surface area contributed by atoms with Gasteiger partial charge in [0.05, 0.1) is 6.54 Å². The van der Waals surface area contributed by atoms with Crippen LogP contribution in [0.1, 0.15) is 25.0 Å². The molecule has 0 radical (unpaired) electrons. The van der Waals surface area contributed by atoms with Crippen LogP contribution in [0.5, 0.6) is 11.5 Å². The van der Waals surface area contributed by atoms with Gasteiger partial charge in [0, 0.05) is 11.6 Å². The second kappa shape index (κ2) is 9.39. The molecule has 124 valence electrons. The van der Waals surface area contributed by atoms with Crippen LogP contribution in [0.4, 0.5) is 0 Å². The summed E-state index contributed by atoms with van der Waals surface area (Å²) >= 11 is 0. The van der Waals surface area contributed by atoms with E-state index in [4.69, 9.17) is 10.5 Å². The van der Waals surface area contributed by atoms with Crippen molar-refractivity contribution in [2.24, 2.45) is 10.7 Å². The number of aliphatic imine (C=N–C) groups is 1. The van der Waals surface area contributed by atoms with E-state index in [0.717, 1.165) is 17.1 Å². The fraction of sp³-hybridized carbons (Fsp3) is 0.278. The Labute approximate surface area is 155 Å². The van der Waals surface area contributed by atoms with E-state index in [-0.39, 0.29) is 30.0 Å². The quantitative estimate of drug-likeness (QED) is 0.429. The summed E-state index contributed by atoms with van der Waals surface area (Å²) in [6.07, 6.45) is 0. The molecule has 23 heavy (non-hydrogen) atoms. The van der Waals surface area contributed by atoms with Gasteiger partial charge in [-0.15, -0.1) is 24.0 Å². The molecule has 2 rings (SSSR count). The second-order valence-electron chi connectivity index (χ2n) is 5.52. The van der Waals surface area contributed by atoms with Crippen molar-refractivity contribution in [3.63, 3.8) is 0 Å². The summed E-state index contributed by atoms with van der Waals surface area (Å²) in [6, 6.07) is 16.1. The molecule has 0 saturated carbocycles. The van der Waals surface area contributed by atoms with E-state index in [9.17, 15) is 0 Å². The van der Waals surface area contributed by atoms with Crippen LogP contribution in [-0.4, -0.2) is 12.0 Å². The first-order chi connectivity index (χ1) is 10.5. The molecule has 0 aliphatic heterocycles. The van der Waals surface area contributed by atoms with Gasteiger partial charge in [0.2, 0.25) is 0 Å². The monoisotopic (exact) mass is 425 g/mol. The van der Waals surface area contributed by atoms with E-state index >= 15 is 0 Å². The lowest BCUT2D eigenvalue weighted by Gasteiger charge is -2.11. The predicted octanol–water partition coefficient (Wildman–Crippen LogP) is 4.22. The number of benzene rings is 2. The summed E-state index contributed by atoms with van der Waals surface area (Å²) in [7, 11) is 0. The first kappa shape index (κ1) is 19.3. The van der Waals surface area contributed by atoms with Crippen LogP contribution < -0.4 is 15.8 Å². The molecule has 0 bridgehead atoms. The lowest BCUT2D eigenvalue weighted by atomic mass is 10.2. The Morgan fingerprint density at radius 1 is 1.13 bits per heavy atom. The molecule has 0 aliphatic rings. The highest BCUT2D eigenvalue weighted by atomic mass is 127. The Bertz CT molecular complexity index is 639. The molecule has 0 unspecified atom stereocenters. The second-order valence-corrected chi connectivity index (χ2v) is 5.52. The molecule has 0 spiro atoms. The van der Waals surface area contributed by atoms with Crippen molar-refractivity contribution in [3.8, 4) is 11.5 Å². The van der Waals surface area contributed by atoms with Gasteiger partial charge in [-0.1, -0.05) is 35.9 Å². The number of nitrogens with zero attached hydrogens (tertiary/aromatic N) is 1. The maximum absolute atomic E-state index is 5.95. The first-order valence-electron chi connectivity index (χ1n) is 7.43. The minimum atomic E-state index is 0. The summed E-state index contributed by atoms with van der Waals surface area (Å²) < 4.78 is 5.95. The SMILES string of the molecule is Cc1ccc(Oc2ccccc2CN=C(N)NC(C)C)cc1.I. The number of rotatable bonds is 5. The summed E-state index contributed by atoms with van der Waals surface area (Å²) in [5.41, 5.74) is 8.04. The molecule has 0 amide bonds. The fourth-order valence-corrected chi connectivity index (χ4v) is 1.98. The fourth-order valence-electron chi connectivity index (χ4n) is 1.98. The minimum Gasteiger partial charge on any atom is -0.457 e. The van der Waals surface area contributed by atoms with Crippen LogP contribution in [0.25, 0.3) is 0 Å². The van der Waals surface area contributed by atoms with Crippen LogP contribution in [0.3, 0.4) is 0 Å². The van der Waals surface area contributed by atoms with Gasteiger partial charge in [-0.05, 0) is 39.0 Å². The molecule has 0 saturated heterocycles.